The van der Waals surface area contributed by atoms with Crippen molar-refractivity contribution in [1.29, 1.82) is 0 Å². The van der Waals surface area contributed by atoms with Crippen molar-refractivity contribution in [1.82, 2.24) is 4.98 Å². The molecule has 5 aromatic rings. The van der Waals surface area contributed by atoms with Crippen LogP contribution in [0.15, 0.2) is 78.0 Å². The Labute approximate surface area is 341 Å². The normalized spacial score (nSPS) is 12.4. The summed E-state index contributed by atoms with van der Waals surface area (Å²) in [5.41, 5.74) is 4.18. The summed E-state index contributed by atoms with van der Waals surface area (Å²) >= 11 is 3.71. The third-order valence-corrected chi connectivity index (χ3v) is 13.3. The van der Waals surface area contributed by atoms with Crippen LogP contribution < -0.4 is 0 Å². The number of carbonyl (C=O) groups excluding carboxylic acids is 1. The number of pyridine rings is 1. The third kappa shape index (κ3) is 10.3. The third-order valence-electron chi connectivity index (χ3n) is 11.1. The zero-order valence-electron chi connectivity index (χ0n) is 34.0. The molecule has 0 atom stereocenters. The number of hydrogen-bond acceptors (Lipinski definition) is 5. The van der Waals surface area contributed by atoms with Gasteiger partial charge in [-0.1, -0.05) is 117 Å². The van der Waals surface area contributed by atoms with Crippen molar-refractivity contribution in [3.05, 3.63) is 100 Å². The molecule has 3 aromatic heterocycles. The molecule has 0 unspecified atom stereocenters. The van der Waals surface area contributed by atoms with Crippen LogP contribution in [0, 0.1) is 29.7 Å². The number of thiophene rings is 1. The summed E-state index contributed by atoms with van der Waals surface area (Å²) in [6, 6.07) is 23.6. The van der Waals surface area contributed by atoms with E-state index in [1.807, 2.05) is 70.4 Å². The molecule has 3 heterocycles. The molecular formula is C47H60IrNO2S2-. The molecule has 0 saturated carbocycles. The smallest absolute Gasteiger partial charge is 0.164 e. The van der Waals surface area contributed by atoms with Crippen LogP contribution in [0.5, 0.6) is 0 Å². The van der Waals surface area contributed by atoms with Crippen molar-refractivity contribution in [2.75, 3.05) is 0 Å². The average Bonchev–Trinajstić information content (AvgIpc) is 3.51. The number of allylic oxidation sites excluding steroid dienone is 2. The van der Waals surface area contributed by atoms with Gasteiger partial charge < -0.3 is 5.11 Å². The van der Waals surface area contributed by atoms with Crippen LogP contribution in [0.1, 0.15) is 118 Å². The first kappa shape index (κ1) is 44.5. The topological polar surface area (TPSA) is 50.2 Å². The molecule has 0 fully saturated rings. The maximum atomic E-state index is 12.2. The number of hydrogen-bond donors (Lipinski definition) is 1. The van der Waals surface area contributed by atoms with Gasteiger partial charge in [-0.05, 0) is 84.2 Å². The van der Waals surface area contributed by atoms with E-state index >= 15 is 0 Å². The molecule has 0 saturated heterocycles. The minimum Gasteiger partial charge on any atom is -0.512 e. The molecule has 1 radical (unpaired) electrons. The SMILES string of the molecule is CCC(C)(CC)C(=O)/C=C(\O)C(C)(CC)CC.Cc1ccc2c(ccsc1CC(C)C)sc1ccnc(-c3[c-]c4ccccc4c(C(C)(C)C)c3)c12.[Ir]. The quantitative estimate of drug-likeness (QED) is 0.0862. The Morgan fingerprint density at radius 1 is 0.868 bits per heavy atom. The Morgan fingerprint density at radius 3 is 2.11 bits per heavy atom. The van der Waals surface area contributed by atoms with Crippen LogP contribution in [-0.4, -0.2) is 15.9 Å². The van der Waals surface area contributed by atoms with Gasteiger partial charge in [0.2, 0.25) is 0 Å². The Hall–Kier alpha value is -2.89. The number of nitrogens with zero attached hydrogens (tertiary/aromatic N) is 1. The molecule has 0 aliphatic carbocycles. The van der Waals surface area contributed by atoms with E-state index in [1.54, 1.807) is 0 Å². The number of rotatable bonds is 10. The molecule has 6 heteroatoms. The van der Waals surface area contributed by atoms with Crippen molar-refractivity contribution in [3.8, 4) is 11.3 Å². The standard InChI is InChI=1S/C32H32NS2.C15H28O2.Ir/c1-20(2)17-29-21(3)11-12-25-27(14-16-34-29)35-28-13-15-33-31(30(25)28)23-18-22-9-7-8-10-24(22)26(19-23)32(4,5)6;1-7-14(5,8-2)12(16)11-13(17)15(6,9-3)10-4;/h7-16,19-20H,17H2,1-6H3;11,16H,7-10H2,1-6H3;/q-1;;/b;12-11-;. The van der Waals surface area contributed by atoms with Crippen molar-refractivity contribution in [2.24, 2.45) is 16.7 Å². The molecule has 2 aromatic carbocycles. The second kappa shape index (κ2) is 18.6. The van der Waals surface area contributed by atoms with E-state index in [1.165, 1.54) is 47.6 Å². The molecule has 0 aliphatic heterocycles. The predicted molar refractivity (Wildman–Crippen MR) is 229 cm³/mol. The van der Waals surface area contributed by atoms with Crippen LogP contribution in [0.3, 0.4) is 0 Å². The van der Waals surface area contributed by atoms with Gasteiger partial charge in [0, 0.05) is 63.2 Å². The fourth-order valence-corrected chi connectivity index (χ4v) is 8.62. The Kier molecular flexibility index (Phi) is 15.6. The van der Waals surface area contributed by atoms with E-state index in [4.69, 9.17) is 4.98 Å². The summed E-state index contributed by atoms with van der Waals surface area (Å²) in [5.74, 6) is 0.926. The number of benzene rings is 2. The van der Waals surface area contributed by atoms with Gasteiger partial charge in [-0.15, -0.1) is 51.8 Å². The van der Waals surface area contributed by atoms with Crippen LogP contribution >= 0.6 is 22.7 Å². The zero-order chi connectivity index (χ0) is 38.4. The van der Waals surface area contributed by atoms with Crippen molar-refractivity contribution >= 4 is 59.4 Å². The first-order valence-corrected chi connectivity index (χ1v) is 20.7. The van der Waals surface area contributed by atoms with E-state index in [0.717, 1.165) is 48.7 Å². The van der Waals surface area contributed by atoms with Gasteiger partial charge in [0.25, 0.3) is 0 Å². The number of aliphatic hydroxyl groups excluding tert-OH is 1. The molecule has 0 spiro atoms. The number of carbonyl (C=O) groups is 1. The first-order valence-electron chi connectivity index (χ1n) is 19.1. The minimum atomic E-state index is -0.337. The van der Waals surface area contributed by atoms with Gasteiger partial charge in [0.1, 0.15) is 5.76 Å². The van der Waals surface area contributed by atoms with Crippen LogP contribution in [0.25, 0.3) is 42.2 Å². The average molecular weight is 927 g/mol. The van der Waals surface area contributed by atoms with Gasteiger partial charge in [0.15, 0.2) is 5.78 Å². The molecule has 0 amide bonds. The van der Waals surface area contributed by atoms with Gasteiger partial charge in [-0.25, -0.2) is 0 Å². The Bertz CT molecular complexity index is 2100. The molecular weight excluding hydrogens is 867 g/mol. The maximum absolute atomic E-state index is 12.2. The summed E-state index contributed by atoms with van der Waals surface area (Å²) in [6.07, 6.45) is 7.81. The summed E-state index contributed by atoms with van der Waals surface area (Å²) in [7, 11) is 0. The number of ketones is 1. The van der Waals surface area contributed by atoms with Crippen LogP contribution in [0.2, 0.25) is 0 Å². The second-order valence-corrected chi connectivity index (χ2v) is 18.3. The van der Waals surface area contributed by atoms with Gasteiger partial charge in [0.05, 0.1) is 0 Å². The number of aliphatic hydroxyl groups is 1. The van der Waals surface area contributed by atoms with E-state index in [-0.39, 0.29) is 47.9 Å². The fraction of sp³-hybridized carbons (Fsp3) is 0.447. The molecule has 1 N–H and O–H groups in total. The molecule has 287 valence electrons. The van der Waals surface area contributed by atoms with E-state index in [0.29, 0.717) is 5.92 Å². The maximum Gasteiger partial charge on any atom is 0.164 e. The van der Waals surface area contributed by atoms with E-state index in [9.17, 15) is 9.90 Å². The van der Waals surface area contributed by atoms with Crippen LogP contribution in [-0.2, 0) is 36.7 Å². The number of aryl methyl sites for hydroxylation is 1. The Balaban J connectivity index is 0.000000359. The summed E-state index contributed by atoms with van der Waals surface area (Å²) in [4.78, 5) is 18.6. The largest absolute Gasteiger partial charge is 0.512 e. The van der Waals surface area contributed by atoms with Crippen molar-refractivity contribution in [3.63, 3.8) is 0 Å². The minimum absolute atomic E-state index is 0. The van der Waals surface area contributed by atoms with Gasteiger partial charge >= 0.3 is 0 Å². The van der Waals surface area contributed by atoms with Gasteiger partial charge in [-0.2, -0.15) is 0 Å². The second-order valence-electron chi connectivity index (χ2n) is 16.2. The summed E-state index contributed by atoms with van der Waals surface area (Å²) in [5, 5.41) is 17.3. The number of aromatic nitrogens is 1. The summed E-state index contributed by atoms with van der Waals surface area (Å²) < 4.78 is 2.55. The van der Waals surface area contributed by atoms with E-state index < -0.39 is 0 Å². The first-order chi connectivity index (χ1) is 24.5. The predicted octanol–water partition coefficient (Wildman–Crippen LogP) is 14.7. The monoisotopic (exact) mass is 927 g/mol. The van der Waals surface area contributed by atoms with Crippen molar-refractivity contribution in [2.45, 2.75) is 121 Å². The van der Waals surface area contributed by atoms with Crippen LogP contribution in [0.4, 0.5) is 0 Å². The molecule has 3 nitrogen and oxygen atoms in total. The molecule has 0 aliphatic rings. The molecule has 5 rings (SSSR count). The Morgan fingerprint density at radius 2 is 1.51 bits per heavy atom. The van der Waals surface area contributed by atoms with Crippen molar-refractivity contribution < 1.29 is 30.0 Å². The van der Waals surface area contributed by atoms with Gasteiger partial charge in [-0.3, -0.25) is 9.78 Å². The zero-order valence-corrected chi connectivity index (χ0v) is 38.0. The molecule has 0 bridgehead atoms. The fourth-order valence-electron chi connectivity index (χ4n) is 6.39. The molecule has 53 heavy (non-hydrogen) atoms. The van der Waals surface area contributed by atoms with E-state index in [2.05, 4.69) is 108 Å². The summed E-state index contributed by atoms with van der Waals surface area (Å²) in [6.45, 7) is 25.7. The number of fused-ring (bicyclic) bond motifs is 4.